The number of urea groups is 1. The molecule has 0 radical (unpaired) electrons. The van der Waals surface area contributed by atoms with Crippen molar-refractivity contribution in [1.82, 2.24) is 25.7 Å². The molecule has 0 saturated carbocycles. The van der Waals surface area contributed by atoms with E-state index in [0.29, 0.717) is 27.6 Å². The van der Waals surface area contributed by atoms with Crippen molar-refractivity contribution in [2.75, 3.05) is 11.1 Å². The van der Waals surface area contributed by atoms with E-state index in [1.54, 1.807) is 13.0 Å². The summed E-state index contributed by atoms with van der Waals surface area (Å²) in [6.07, 6.45) is 0. The third-order valence-electron chi connectivity index (χ3n) is 3.66. The highest BCUT2D eigenvalue weighted by Gasteiger charge is 2.27. The van der Waals surface area contributed by atoms with Crippen molar-refractivity contribution in [2.24, 2.45) is 0 Å². The van der Waals surface area contributed by atoms with Gasteiger partial charge in [0, 0.05) is 18.2 Å². The lowest BCUT2D eigenvalue weighted by Crippen LogP contribution is -2.43. The highest BCUT2D eigenvalue weighted by molar-refractivity contribution is 7.15. The molecule has 0 aliphatic heterocycles. The highest BCUT2D eigenvalue weighted by atomic mass is 32.1. The van der Waals surface area contributed by atoms with E-state index in [0.717, 1.165) is 11.1 Å². The summed E-state index contributed by atoms with van der Waals surface area (Å²) >= 11 is 1.23. The molecular weight excluding hydrogens is 354 g/mol. The van der Waals surface area contributed by atoms with Crippen LogP contribution >= 0.6 is 11.3 Å². The number of anilines is 2. The SMILES string of the molecule is Cc1nnc(-c2ccc(C)c(NC(=O)NC(C)(C)c3nnc(N)s3)c2)o1. The van der Waals surface area contributed by atoms with Gasteiger partial charge in [-0.25, -0.2) is 4.79 Å². The lowest BCUT2D eigenvalue weighted by Gasteiger charge is -2.23. The Morgan fingerprint density at radius 3 is 2.58 bits per heavy atom. The minimum Gasteiger partial charge on any atom is -0.421 e. The number of hydrogen-bond donors (Lipinski definition) is 3. The van der Waals surface area contributed by atoms with Crippen molar-refractivity contribution in [1.29, 1.82) is 0 Å². The molecule has 0 fully saturated rings. The average molecular weight is 373 g/mol. The number of nitrogens with one attached hydrogen (secondary N) is 2. The predicted octanol–water partition coefficient (Wildman–Crippen LogP) is 2.84. The van der Waals surface area contributed by atoms with Crippen LogP contribution in [0.15, 0.2) is 22.6 Å². The number of aryl methyl sites for hydroxylation is 2. The minimum atomic E-state index is -0.714. The van der Waals surface area contributed by atoms with Crippen LogP contribution in [0.2, 0.25) is 0 Å². The third-order valence-corrected chi connectivity index (χ3v) is 4.74. The van der Waals surface area contributed by atoms with Gasteiger partial charge in [0.1, 0.15) is 5.01 Å². The van der Waals surface area contributed by atoms with E-state index >= 15 is 0 Å². The maximum absolute atomic E-state index is 12.5. The Balaban J connectivity index is 1.76. The second-order valence-electron chi connectivity index (χ2n) is 6.31. The van der Waals surface area contributed by atoms with Crippen LogP contribution in [0.5, 0.6) is 0 Å². The van der Waals surface area contributed by atoms with E-state index in [9.17, 15) is 4.79 Å². The van der Waals surface area contributed by atoms with Crippen molar-refractivity contribution in [3.63, 3.8) is 0 Å². The van der Waals surface area contributed by atoms with E-state index in [1.165, 1.54) is 11.3 Å². The standard InChI is InChI=1S/C16H19N7O2S/c1-8-5-6-10(12-21-20-9(2)25-12)7-11(8)18-15(24)19-16(3,4)13-22-23-14(17)26-13/h5-7H,1-4H3,(H2,17,23)(H2,18,19,24). The van der Waals surface area contributed by atoms with Crippen LogP contribution in [0, 0.1) is 13.8 Å². The molecule has 2 heterocycles. The number of carbonyl (C=O) groups excluding carboxylic acids is 1. The monoisotopic (exact) mass is 373 g/mol. The second kappa shape index (κ2) is 6.71. The number of aromatic nitrogens is 4. The van der Waals surface area contributed by atoms with Gasteiger partial charge in [0.05, 0.1) is 5.54 Å². The summed E-state index contributed by atoms with van der Waals surface area (Å²) in [4.78, 5) is 12.5. The number of nitrogens with zero attached hydrogens (tertiary/aromatic N) is 4. The molecule has 3 aromatic rings. The van der Waals surface area contributed by atoms with Gasteiger partial charge >= 0.3 is 6.03 Å². The van der Waals surface area contributed by atoms with Crippen molar-refractivity contribution in [3.05, 3.63) is 34.7 Å². The van der Waals surface area contributed by atoms with Gasteiger partial charge in [-0.2, -0.15) is 0 Å². The molecule has 9 nitrogen and oxygen atoms in total. The molecule has 0 saturated heterocycles. The summed E-state index contributed by atoms with van der Waals surface area (Å²) in [5, 5.41) is 22.3. The van der Waals surface area contributed by atoms with Crippen molar-refractivity contribution >= 4 is 28.2 Å². The molecule has 2 aromatic heterocycles. The summed E-state index contributed by atoms with van der Waals surface area (Å²) in [5.74, 6) is 0.876. The Morgan fingerprint density at radius 2 is 1.96 bits per heavy atom. The average Bonchev–Trinajstić information content (AvgIpc) is 3.18. The van der Waals surface area contributed by atoms with Crippen LogP contribution in [0.25, 0.3) is 11.5 Å². The second-order valence-corrected chi connectivity index (χ2v) is 7.31. The molecule has 1 aromatic carbocycles. The van der Waals surface area contributed by atoms with Gasteiger partial charge in [-0.1, -0.05) is 17.4 Å². The Labute approximate surface area is 154 Å². The first-order valence-electron chi connectivity index (χ1n) is 7.84. The van der Waals surface area contributed by atoms with Crippen LogP contribution < -0.4 is 16.4 Å². The quantitative estimate of drug-likeness (QED) is 0.640. The van der Waals surface area contributed by atoms with Crippen LogP contribution in [-0.2, 0) is 5.54 Å². The van der Waals surface area contributed by atoms with E-state index in [2.05, 4.69) is 31.0 Å². The first-order chi connectivity index (χ1) is 12.2. The zero-order valence-electron chi connectivity index (χ0n) is 14.8. The molecule has 136 valence electrons. The summed E-state index contributed by atoms with van der Waals surface area (Å²) in [7, 11) is 0. The fourth-order valence-electron chi connectivity index (χ4n) is 2.28. The molecule has 2 amide bonds. The van der Waals surface area contributed by atoms with Crippen LogP contribution in [0.4, 0.5) is 15.6 Å². The molecule has 3 rings (SSSR count). The summed E-state index contributed by atoms with van der Waals surface area (Å²) < 4.78 is 5.43. The molecule has 26 heavy (non-hydrogen) atoms. The van der Waals surface area contributed by atoms with Gasteiger partial charge in [-0.05, 0) is 38.5 Å². The fourth-order valence-corrected chi connectivity index (χ4v) is 2.95. The molecule has 0 unspecified atom stereocenters. The molecular formula is C16H19N7O2S. The van der Waals surface area contributed by atoms with Gasteiger partial charge in [0.25, 0.3) is 0 Å². The predicted molar refractivity (Wildman–Crippen MR) is 98.7 cm³/mol. The maximum atomic E-state index is 12.5. The van der Waals surface area contributed by atoms with Crippen molar-refractivity contribution < 1.29 is 9.21 Å². The van der Waals surface area contributed by atoms with E-state index in [4.69, 9.17) is 10.2 Å². The molecule has 0 atom stereocenters. The molecule has 0 aliphatic rings. The number of nitrogens with two attached hydrogens (primary N) is 1. The number of rotatable bonds is 4. The van der Waals surface area contributed by atoms with E-state index < -0.39 is 5.54 Å². The van der Waals surface area contributed by atoms with E-state index in [1.807, 2.05) is 32.9 Å². The number of benzene rings is 1. The first-order valence-corrected chi connectivity index (χ1v) is 8.66. The van der Waals surface area contributed by atoms with Crippen molar-refractivity contribution in [3.8, 4) is 11.5 Å². The van der Waals surface area contributed by atoms with Crippen LogP contribution in [-0.4, -0.2) is 26.4 Å². The van der Waals surface area contributed by atoms with Crippen LogP contribution in [0.1, 0.15) is 30.3 Å². The van der Waals surface area contributed by atoms with Gasteiger partial charge < -0.3 is 20.8 Å². The minimum absolute atomic E-state index is 0.355. The lowest BCUT2D eigenvalue weighted by atomic mass is 10.1. The molecule has 0 aliphatic carbocycles. The summed E-state index contributed by atoms with van der Waals surface area (Å²) in [5.41, 5.74) is 7.17. The number of nitrogen functional groups attached to an aromatic ring is 1. The normalized spacial score (nSPS) is 11.4. The Morgan fingerprint density at radius 1 is 1.19 bits per heavy atom. The van der Waals surface area contributed by atoms with Crippen molar-refractivity contribution in [2.45, 2.75) is 33.2 Å². The van der Waals surface area contributed by atoms with Gasteiger partial charge in [-0.15, -0.1) is 20.4 Å². The van der Waals surface area contributed by atoms with Gasteiger partial charge in [0.2, 0.25) is 16.9 Å². The Hall–Kier alpha value is -3.01. The van der Waals surface area contributed by atoms with Gasteiger partial charge in [0.15, 0.2) is 0 Å². The Kier molecular flexibility index (Phi) is 4.60. The topological polar surface area (TPSA) is 132 Å². The number of hydrogen-bond acceptors (Lipinski definition) is 8. The zero-order chi connectivity index (χ0) is 18.9. The molecule has 10 heteroatoms. The van der Waals surface area contributed by atoms with Gasteiger partial charge in [-0.3, -0.25) is 0 Å². The van der Waals surface area contributed by atoms with Crippen LogP contribution in [0.3, 0.4) is 0 Å². The number of amides is 2. The molecule has 4 N–H and O–H groups in total. The molecule has 0 spiro atoms. The third kappa shape index (κ3) is 3.80. The number of carbonyl (C=O) groups is 1. The maximum Gasteiger partial charge on any atom is 0.320 e. The first kappa shape index (κ1) is 17.8. The largest absolute Gasteiger partial charge is 0.421 e. The Bertz CT molecular complexity index is 948. The fraction of sp³-hybridized carbons (Fsp3) is 0.312. The zero-order valence-corrected chi connectivity index (χ0v) is 15.6. The van der Waals surface area contributed by atoms with E-state index in [-0.39, 0.29) is 6.03 Å². The summed E-state index contributed by atoms with van der Waals surface area (Å²) in [6.45, 7) is 7.28. The lowest BCUT2D eigenvalue weighted by molar-refractivity contribution is 0.241. The summed E-state index contributed by atoms with van der Waals surface area (Å²) in [6, 6.07) is 5.16. The highest BCUT2D eigenvalue weighted by Crippen LogP contribution is 2.26. The smallest absolute Gasteiger partial charge is 0.320 e. The molecule has 0 bridgehead atoms.